The lowest BCUT2D eigenvalue weighted by molar-refractivity contribution is 0.776. The highest BCUT2D eigenvalue weighted by Gasteiger charge is 2.07. The smallest absolute Gasteiger partial charge is 0.258 e. The highest BCUT2D eigenvalue weighted by molar-refractivity contribution is 5.34. The molecule has 0 bridgehead atoms. The van der Waals surface area contributed by atoms with Crippen LogP contribution in [0.2, 0.25) is 0 Å². The molecule has 11 nitrogen and oxygen atoms in total. The fraction of sp³-hybridized carbons (Fsp3) is 0.300. The van der Waals surface area contributed by atoms with Gasteiger partial charge in [-0.1, -0.05) is 0 Å². The van der Waals surface area contributed by atoms with Crippen LogP contribution in [0.1, 0.15) is 5.82 Å². The number of aromatic nitrogens is 9. The summed E-state index contributed by atoms with van der Waals surface area (Å²) in [5.74, 6) is 1.65. The number of nitrogens with one attached hydrogen (secondary N) is 1. The van der Waals surface area contributed by atoms with Gasteiger partial charge in [0.05, 0.1) is 0 Å². The van der Waals surface area contributed by atoms with Crippen LogP contribution in [-0.4, -0.2) is 51.0 Å². The molecule has 3 aromatic rings. The van der Waals surface area contributed by atoms with Gasteiger partial charge in [-0.25, -0.2) is 4.98 Å². The van der Waals surface area contributed by atoms with E-state index in [1.807, 2.05) is 11.6 Å². The zero-order valence-corrected chi connectivity index (χ0v) is 11.2. The van der Waals surface area contributed by atoms with E-state index in [9.17, 15) is 0 Å². The average Bonchev–Trinajstić information content (AvgIpc) is 3.10. The highest BCUT2D eigenvalue weighted by atomic mass is 15.4. The summed E-state index contributed by atoms with van der Waals surface area (Å²) in [7, 11) is 1.89. The molecule has 0 fully saturated rings. The first kappa shape index (κ1) is 12.9. The van der Waals surface area contributed by atoms with E-state index in [2.05, 4.69) is 40.5 Å². The predicted molar refractivity (Wildman–Crippen MR) is 72.4 cm³/mol. The summed E-state index contributed by atoms with van der Waals surface area (Å²) in [4.78, 5) is 16.1. The Morgan fingerprint density at radius 3 is 2.86 bits per heavy atom. The predicted octanol–water partition coefficient (Wildman–Crippen LogP) is -1.18. The number of nitrogens with two attached hydrogens (primary N) is 1. The van der Waals surface area contributed by atoms with Crippen molar-refractivity contribution in [1.29, 1.82) is 0 Å². The second-order valence-corrected chi connectivity index (χ2v) is 4.19. The average molecular weight is 287 g/mol. The number of rotatable bonds is 5. The van der Waals surface area contributed by atoms with Crippen molar-refractivity contribution in [2.45, 2.75) is 6.42 Å². The normalized spacial score (nSPS) is 10.7. The number of aryl methyl sites for hydroxylation is 1. The summed E-state index contributed by atoms with van der Waals surface area (Å²) < 4.78 is 3.26. The van der Waals surface area contributed by atoms with Crippen molar-refractivity contribution in [3.8, 4) is 5.95 Å². The maximum Gasteiger partial charge on any atom is 0.258 e. The first-order valence-electron chi connectivity index (χ1n) is 6.15. The quantitative estimate of drug-likeness (QED) is 0.593. The monoisotopic (exact) mass is 287 g/mol. The number of hydrogen-bond acceptors (Lipinski definition) is 9. The van der Waals surface area contributed by atoms with Crippen molar-refractivity contribution in [2.24, 2.45) is 7.05 Å². The third kappa shape index (κ3) is 2.91. The molecule has 0 aliphatic carbocycles. The van der Waals surface area contributed by atoms with Crippen LogP contribution in [0.15, 0.2) is 19.0 Å². The van der Waals surface area contributed by atoms with Gasteiger partial charge in [0.2, 0.25) is 11.9 Å². The third-order valence-electron chi connectivity index (χ3n) is 2.70. The van der Waals surface area contributed by atoms with E-state index in [1.165, 1.54) is 17.3 Å². The van der Waals surface area contributed by atoms with Gasteiger partial charge in [-0.3, -0.25) is 0 Å². The van der Waals surface area contributed by atoms with E-state index in [4.69, 9.17) is 5.73 Å². The lowest BCUT2D eigenvalue weighted by Gasteiger charge is -2.06. The van der Waals surface area contributed by atoms with Crippen LogP contribution in [0.5, 0.6) is 0 Å². The Morgan fingerprint density at radius 1 is 1.24 bits per heavy atom. The molecular formula is C10H13N11. The molecule has 0 radical (unpaired) electrons. The van der Waals surface area contributed by atoms with Gasteiger partial charge in [0.15, 0.2) is 0 Å². The van der Waals surface area contributed by atoms with Crippen LogP contribution in [-0.2, 0) is 13.5 Å². The van der Waals surface area contributed by atoms with Gasteiger partial charge in [0.1, 0.15) is 24.8 Å². The van der Waals surface area contributed by atoms with Gasteiger partial charge in [0, 0.05) is 20.0 Å². The molecule has 3 heterocycles. The number of hydrogen-bond donors (Lipinski definition) is 2. The molecule has 0 atom stereocenters. The minimum absolute atomic E-state index is 0.108. The Labute approximate surface area is 119 Å². The van der Waals surface area contributed by atoms with Gasteiger partial charge in [-0.15, -0.1) is 10.2 Å². The maximum atomic E-state index is 5.67. The molecule has 0 amide bonds. The molecule has 0 spiro atoms. The van der Waals surface area contributed by atoms with Gasteiger partial charge < -0.3 is 15.6 Å². The number of nitrogen functional groups attached to an aromatic ring is 1. The molecule has 0 unspecified atom stereocenters. The second kappa shape index (κ2) is 5.48. The molecule has 0 aromatic carbocycles. The van der Waals surface area contributed by atoms with Crippen molar-refractivity contribution in [3.63, 3.8) is 0 Å². The molecule has 0 aliphatic heterocycles. The van der Waals surface area contributed by atoms with Crippen LogP contribution >= 0.6 is 0 Å². The van der Waals surface area contributed by atoms with Gasteiger partial charge in [-0.05, 0) is 0 Å². The van der Waals surface area contributed by atoms with Gasteiger partial charge in [-0.2, -0.15) is 24.7 Å². The number of anilines is 2. The summed E-state index contributed by atoms with van der Waals surface area (Å²) in [5.41, 5.74) is 5.67. The molecule has 21 heavy (non-hydrogen) atoms. The minimum atomic E-state index is 0.108. The first-order chi connectivity index (χ1) is 10.2. The zero-order valence-electron chi connectivity index (χ0n) is 11.2. The zero-order chi connectivity index (χ0) is 14.7. The summed E-state index contributed by atoms with van der Waals surface area (Å²) >= 11 is 0. The van der Waals surface area contributed by atoms with Gasteiger partial charge >= 0.3 is 0 Å². The minimum Gasteiger partial charge on any atom is -0.368 e. The van der Waals surface area contributed by atoms with Crippen molar-refractivity contribution >= 4 is 11.9 Å². The molecule has 3 rings (SSSR count). The summed E-state index contributed by atoms with van der Waals surface area (Å²) in [6, 6.07) is 0. The van der Waals surface area contributed by atoms with E-state index in [0.717, 1.165) is 5.82 Å². The van der Waals surface area contributed by atoms with E-state index in [0.29, 0.717) is 24.9 Å². The van der Waals surface area contributed by atoms with Crippen molar-refractivity contribution in [1.82, 2.24) is 44.5 Å². The Balaban J connectivity index is 1.69. The molecule has 0 saturated carbocycles. The molecule has 0 saturated heterocycles. The highest BCUT2D eigenvalue weighted by Crippen LogP contribution is 2.05. The summed E-state index contributed by atoms with van der Waals surface area (Å²) in [6.45, 7) is 0.590. The lowest BCUT2D eigenvalue weighted by Crippen LogP contribution is -2.14. The summed E-state index contributed by atoms with van der Waals surface area (Å²) in [5, 5.41) is 14.8. The Hall–Kier alpha value is -3.11. The van der Waals surface area contributed by atoms with Crippen LogP contribution in [0.4, 0.5) is 11.9 Å². The van der Waals surface area contributed by atoms with Crippen molar-refractivity contribution < 1.29 is 0 Å². The second-order valence-electron chi connectivity index (χ2n) is 4.19. The van der Waals surface area contributed by atoms with Crippen molar-refractivity contribution in [3.05, 3.63) is 24.8 Å². The SMILES string of the molecule is Cn1cnnc1CCNc1nc(N)nc(-n2cncn2)n1. The maximum absolute atomic E-state index is 5.67. The molecular weight excluding hydrogens is 274 g/mol. The third-order valence-corrected chi connectivity index (χ3v) is 2.70. The topological polar surface area (TPSA) is 138 Å². The molecule has 3 N–H and O–H groups in total. The van der Waals surface area contributed by atoms with Gasteiger partial charge in [0.25, 0.3) is 5.95 Å². The fourth-order valence-corrected chi connectivity index (χ4v) is 1.69. The number of nitrogens with zero attached hydrogens (tertiary/aromatic N) is 9. The first-order valence-corrected chi connectivity index (χ1v) is 6.15. The Kier molecular flexibility index (Phi) is 3.37. The van der Waals surface area contributed by atoms with Crippen LogP contribution in [0.3, 0.4) is 0 Å². The molecule has 11 heteroatoms. The van der Waals surface area contributed by atoms with Crippen molar-refractivity contribution in [2.75, 3.05) is 17.6 Å². The summed E-state index contributed by atoms with van der Waals surface area (Å²) in [6.07, 6.45) is 5.21. The van der Waals surface area contributed by atoms with E-state index in [-0.39, 0.29) is 5.95 Å². The van der Waals surface area contributed by atoms with E-state index >= 15 is 0 Å². The Bertz CT molecular complexity index is 716. The van der Waals surface area contributed by atoms with Crippen LogP contribution < -0.4 is 11.1 Å². The molecule has 0 aliphatic rings. The van der Waals surface area contributed by atoms with E-state index < -0.39 is 0 Å². The van der Waals surface area contributed by atoms with Crippen LogP contribution in [0.25, 0.3) is 5.95 Å². The molecule has 108 valence electrons. The molecule has 3 aromatic heterocycles. The van der Waals surface area contributed by atoms with E-state index in [1.54, 1.807) is 6.33 Å². The standard InChI is InChI=1S/C10H13N11/c1-20-6-14-19-7(20)2-3-13-9-16-8(11)17-10(18-9)21-5-12-4-15-21/h4-6H,2-3H2,1H3,(H3,11,13,16,17,18). The fourth-order valence-electron chi connectivity index (χ4n) is 1.69. The largest absolute Gasteiger partial charge is 0.368 e. The van der Waals surface area contributed by atoms with Crippen LogP contribution in [0, 0.1) is 0 Å². The lowest BCUT2D eigenvalue weighted by atomic mass is 10.4. The Morgan fingerprint density at radius 2 is 2.14 bits per heavy atom.